The predicted octanol–water partition coefficient (Wildman–Crippen LogP) is 2.76. The molecule has 2 aliphatic rings. The van der Waals surface area contributed by atoms with Crippen LogP contribution in [-0.2, 0) is 11.2 Å². The molecule has 0 radical (unpaired) electrons. The maximum atomic E-state index is 5.60. The van der Waals surface area contributed by atoms with E-state index in [0.717, 1.165) is 49.8 Å². The van der Waals surface area contributed by atoms with E-state index in [0.29, 0.717) is 19.1 Å². The molecule has 7 nitrogen and oxygen atoms in total. The molecule has 4 rings (SSSR count). The Balaban J connectivity index is 1.50. The van der Waals surface area contributed by atoms with E-state index in [2.05, 4.69) is 48.6 Å². The molecule has 3 heterocycles. The summed E-state index contributed by atoms with van der Waals surface area (Å²) in [5.41, 5.74) is 2.33. The fourth-order valence-corrected chi connectivity index (χ4v) is 3.47. The Kier molecular flexibility index (Phi) is 5.69. The molecule has 1 fully saturated rings. The van der Waals surface area contributed by atoms with Crippen LogP contribution in [0.5, 0.6) is 0 Å². The largest absolute Gasteiger partial charge is 0.375 e. The molecule has 140 valence electrons. The summed E-state index contributed by atoms with van der Waals surface area (Å²) in [6.07, 6.45) is 8.14. The van der Waals surface area contributed by atoms with Crippen molar-refractivity contribution in [1.82, 2.24) is 9.97 Å². The molecule has 1 N–H and O–H groups in total. The fraction of sp³-hybridized carbons (Fsp3) is 0.400. The highest BCUT2D eigenvalue weighted by Crippen LogP contribution is 2.24. The van der Waals surface area contributed by atoms with Gasteiger partial charge < -0.3 is 15.0 Å². The molecular formula is C20H24N6O. The van der Waals surface area contributed by atoms with Gasteiger partial charge in [0.15, 0.2) is 0 Å². The van der Waals surface area contributed by atoms with Gasteiger partial charge in [0.2, 0.25) is 5.95 Å². The van der Waals surface area contributed by atoms with Crippen LogP contribution in [0, 0.1) is 5.92 Å². The second-order valence-corrected chi connectivity index (χ2v) is 6.70. The van der Waals surface area contributed by atoms with Gasteiger partial charge in [0.1, 0.15) is 5.84 Å². The highest BCUT2D eigenvalue weighted by molar-refractivity contribution is 5.98. The van der Waals surface area contributed by atoms with Gasteiger partial charge >= 0.3 is 0 Å². The number of hydrogen-bond acceptors (Lipinski definition) is 7. The minimum atomic E-state index is 0.330. The lowest BCUT2D eigenvalue weighted by Gasteiger charge is -2.32. The summed E-state index contributed by atoms with van der Waals surface area (Å²) in [7, 11) is 0. The summed E-state index contributed by atoms with van der Waals surface area (Å²) in [4.78, 5) is 11.0. The van der Waals surface area contributed by atoms with Crippen molar-refractivity contribution in [3.8, 4) is 0 Å². The van der Waals surface area contributed by atoms with Crippen LogP contribution in [0.3, 0.4) is 0 Å². The normalized spacial score (nSPS) is 18.8. The first kappa shape index (κ1) is 17.6. The van der Waals surface area contributed by atoms with Crippen molar-refractivity contribution in [2.75, 3.05) is 36.5 Å². The van der Waals surface area contributed by atoms with E-state index in [1.165, 1.54) is 5.56 Å². The first-order valence-electron chi connectivity index (χ1n) is 9.44. The number of hydrogen-bond donors (Lipinski definition) is 1. The molecule has 0 saturated carbocycles. The molecular weight excluding hydrogens is 340 g/mol. The predicted molar refractivity (Wildman–Crippen MR) is 107 cm³/mol. The molecule has 1 aromatic carbocycles. The van der Waals surface area contributed by atoms with Gasteiger partial charge in [-0.2, -0.15) is 5.10 Å². The second-order valence-electron chi connectivity index (χ2n) is 6.70. The Morgan fingerprint density at radius 2 is 1.85 bits per heavy atom. The van der Waals surface area contributed by atoms with Crippen molar-refractivity contribution in [2.24, 2.45) is 16.1 Å². The van der Waals surface area contributed by atoms with Gasteiger partial charge in [-0.25, -0.2) is 9.97 Å². The van der Waals surface area contributed by atoms with Crippen LogP contribution in [0.25, 0.3) is 0 Å². The smallest absolute Gasteiger partial charge is 0.225 e. The van der Waals surface area contributed by atoms with Crippen LogP contribution < -0.4 is 10.2 Å². The number of para-hydroxylation sites is 1. The van der Waals surface area contributed by atoms with Crippen molar-refractivity contribution >= 4 is 23.7 Å². The highest BCUT2D eigenvalue weighted by Gasteiger charge is 2.25. The number of amidine groups is 1. The number of anilines is 2. The first-order valence-corrected chi connectivity index (χ1v) is 9.44. The lowest BCUT2D eigenvalue weighted by Crippen LogP contribution is -2.39. The number of benzene rings is 1. The zero-order chi connectivity index (χ0) is 18.3. The van der Waals surface area contributed by atoms with Crippen LogP contribution in [0.4, 0.5) is 11.6 Å². The molecule has 0 aliphatic carbocycles. The van der Waals surface area contributed by atoms with Crippen molar-refractivity contribution < 1.29 is 4.74 Å². The van der Waals surface area contributed by atoms with Crippen LogP contribution in [0.2, 0.25) is 0 Å². The molecule has 0 bridgehead atoms. The van der Waals surface area contributed by atoms with Gasteiger partial charge in [-0.3, -0.25) is 0 Å². The van der Waals surface area contributed by atoms with Crippen LogP contribution in [-0.4, -0.2) is 48.3 Å². The molecule has 2 aliphatic heterocycles. The van der Waals surface area contributed by atoms with E-state index < -0.39 is 0 Å². The Bertz CT molecular complexity index is 799. The maximum Gasteiger partial charge on any atom is 0.225 e. The van der Waals surface area contributed by atoms with Crippen molar-refractivity contribution in [2.45, 2.75) is 19.3 Å². The lowest BCUT2D eigenvalue weighted by atomic mass is 9.95. The van der Waals surface area contributed by atoms with Gasteiger partial charge in [0.05, 0.1) is 19.4 Å². The van der Waals surface area contributed by atoms with E-state index in [1.54, 1.807) is 18.6 Å². The molecule has 1 aromatic heterocycles. The minimum absolute atomic E-state index is 0.330. The quantitative estimate of drug-likeness (QED) is 0.887. The molecule has 1 saturated heterocycles. The van der Waals surface area contributed by atoms with Crippen molar-refractivity contribution in [3.63, 3.8) is 0 Å². The third kappa shape index (κ3) is 4.49. The molecule has 7 heteroatoms. The average Bonchev–Trinajstić information content (AvgIpc) is 2.78. The van der Waals surface area contributed by atoms with Crippen LogP contribution in [0.15, 0.2) is 52.9 Å². The van der Waals surface area contributed by atoms with Crippen molar-refractivity contribution in [3.05, 3.63) is 48.3 Å². The summed E-state index contributed by atoms with van der Waals surface area (Å²) in [6.45, 7) is 2.98. The van der Waals surface area contributed by atoms with Gasteiger partial charge in [0.25, 0.3) is 0 Å². The second kappa shape index (κ2) is 8.73. The first-order chi connectivity index (χ1) is 13.4. The van der Waals surface area contributed by atoms with E-state index in [9.17, 15) is 0 Å². The van der Waals surface area contributed by atoms with Gasteiger partial charge in [-0.15, -0.1) is 5.10 Å². The van der Waals surface area contributed by atoms with E-state index in [-0.39, 0.29) is 0 Å². The van der Waals surface area contributed by atoms with Gasteiger partial charge in [-0.05, 0) is 37.0 Å². The average molecular weight is 364 g/mol. The lowest BCUT2D eigenvalue weighted by molar-refractivity contribution is 0.178. The number of nitrogens with zero attached hydrogens (tertiary/aromatic N) is 5. The molecule has 2 aromatic rings. The molecule has 0 unspecified atom stereocenters. The number of rotatable bonds is 2. The van der Waals surface area contributed by atoms with E-state index in [4.69, 9.17) is 4.74 Å². The third-order valence-corrected chi connectivity index (χ3v) is 4.95. The topological polar surface area (TPSA) is 75.0 Å². The molecule has 0 atom stereocenters. The van der Waals surface area contributed by atoms with Gasteiger partial charge in [-0.1, -0.05) is 18.2 Å². The Hall–Kier alpha value is -2.80. The summed E-state index contributed by atoms with van der Waals surface area (Å²) in [5.74, 6) is 2.06. The van der Waals surface area contributed by atoms with Crippen molar-refractivity contribution in [1.29, 1.82) is 0 Å². The molecule has 0 amide bonds. The fourth-order valence-electron chi connectivity index (χ4n) is 3.47. The van der Waals surface area contributed by atoms with Crippen LogP contribution in [0.1, 0.15) is 18.4 Å². The monoisotopic (exact) mass is 364 g/mol. The number of piperidine rings is 1. The zero-order valence-corrected chi connectivity index (χ0v) is 15.3. The Morgan fingerprint density at radius 3 is 2.70 bits per heavy atom. The van der Waals surface area contributed by atoms with E-state index >= 15 is 0 Å². The Labute approximate surface area is 159 Å². The highest BCUT2D eigenvalue weighted by atomic mass is 16.5. The molecule has 0 spiro atoms. The summed E-state index contributed by atoms with van der Waals surface area (Å²) in [5, 5.41) is 12.3. The minimum Gasteiger partial charge on any atom is -0.375 e. The standard InChI is InChI=1S/C20H24N6O/c1-2-5-18-16(4-1)8-14-27-15-11-23-25-19(24-18)17-6-12-26(13-7-17)20-21-9-3-10-22-20/h1-5,9-11,17H,6-8,12-15H2,(H,24,25). The number of nitrogens with one attached hydrogen (secondary N) is 1. The zero-order valence-electron chi connectivity index (χ0n) is 15.3. The third-order valence-electron chi connectivity index (χ3n) is 4.95. The summed E-state index contributed by atoms with van der Waals surface area (Å²) < 4.78 is 5.60. The summed E-state index contributed by atoms with van der Waals surface area (Å²) in [6, 6.07) is 10.2. The maximum absolute atomic E-state index is 5.60. The van der Waals surface area contributed by atoms with Gasteiger partial charge in [0, 0.05) is 37.1 Å². The number of fused-ring (bicyclic) bond motifs is 1. The van der Waals surface area contributed by atoms with E-state index in [1.807, 2.05) is 12.1 Å². The number of ether oxygens (including phenoxy) is 1. The number of aromatic nitrogens is 2. The molecule has 27 heavy (non-hydrogen) atoms. The summed E-state index contributed by atoms with van der Waals surface area (Å²) >= 11 is 0. The Morgan fingerprint density at radius 1 is 1.04 bits per heavy atom. The SMILES string of the molecule is C1=NN=C(C2CCN(c3ncccn3)CC2)Nc2ccccc2CCOC1. The van der Waals surface area contributed by atoms with Crippen LogP contribution >= 0.6 is 0 Å².